The zero-order valence-electron chi connectivity index (χ0n) is 10.2. The lowest BCUT2D eigenvalue weighted by Gasteiger charge is -2.02. The van der Waals surface area contributed by atoms with E-state index in [1.807, 2.05) is 13.8 Å². The van der Waals surface area contributed by atoms with Crippen molar-refractivity contribution in [3.63, 3.8) is 0 Å². The van der Waals surface area contributed by atoms with E-state index in [2.05, 4.69) is 10.4 Å². The van der Waals surface area contributed by atoms with Crippen LogP contribution in [-0.2, 0) is 11.3 Å². The van der Waals surface area contributed by atoms with Gasteiger partial charge in [-0.1, -0.05) is 0 Å². The van der Waals surface area contributed by atoms with E-state index in [0.717, 1.165) is 6.42 Å². The minimum absolute atomic E-state index is 0.0169. The Balaban J connectivity index is 2.51. The molecule has 0 atom stereocenters. The van der Waals surface area contributed by atoms with Gasteiger partial charge in [-0.2, -0.15) is 0 Å². The molecule has 1 rings (SSSR count). The quantitative estimate of drug-likeness (QED) is 0.426. The lowest BCUT2D eigenvalue weighted by molar-refractivity contribution is -0.384. The number of nitro groups is 1. The minimum atomic E-state index is -0.427. The fourth-order valence-corrected chi connectivity index (χ4v) is 1.36. The van der Waals surface area contributed by atoms with Crippen LogP contribution >= 0.6 is 0 Å². The van der Waals surface area contributed by atoms with Crippen molar-refractivity contribution >= 4 is 11.5 Å². The zero-order valence-corrected chi connectivity index (χ0v) is 10.2. The number of aromatic nitrogens is 2. The van der Waals surface area contributed by atoms with E-state index in [1.165, 1.54) is 6.20 Å². The molecule has 0 saturated carbocycles. The highest BCUT2D eigenvalue weighted by Gasteiger charge is 2.18. The van der Waals surface area contributed by atoms with Crippen LogP contribution in [-0.4, -0.2) is 34.5 Å². The molecule has 96 valence electrons. The first-order chi connectivity index (χ1) is 8.19. The highest BCUT2D eigenvalue weighted by molar-refractivity contribution is 5.54. The molecule has 0 aliphatic heterocycles. The largest absolute Gasteiger partial charge is 0.382 e. The highest BCUT2D eigenvalue weighted by Crippen LogP contribution is 2.21. The molecule has 0 aliphatic rings. The molecule has 7 nitrogen and oxygen atoms in total. The Labute approximate surface area is 99.9 Å². The number of aryl methyl sites for hydroxylation is 1. The maximum Gasteiger partial charge on any atom is 0.330 e. The maximum absolute atomic E-state index is 10.8. The van der Waals surface area contributed by atoms with Gasteiger partial charge in [0.05, 0.1) is 4.92 Å². The molecule has 0 bridgehead atoms. The summed E-state index contributed by atoms with van der Waals surface area (Å²) in [7, 11) is 0. The molecule has 1 N–H and O–H groups in total. The summed E-state index contributed by atoms with van der Waals surface area (Å²) in [5, 5.41) is 17.8. The third-order valence-electron chi connectivity index (χ3n) is 2.23. The summed E-state index contributed by atoms with van der Waals surface area (Å²) < 4.78 is 6.72. The van der Waals surface area contributed by atoms with Crippen molar-refractivity contribution in [2.75, 3.05) is 25.1 Å². The predicted octanol–water partition coefficient (Wildman–Crippen LogP) is 1.65. The van der Waals surface area contributed by atoms with Crippen molar-refractivity contribution in [1.82, 2.24) is 9.78 Å². The molecule has 0 aliphatic carbocycles. The van der Waals surface area contributed by atoms with Crippen LogP contribution in [0.15, 0.2) is 6.20 Å². The van der Waals surface area contributed by atoms with E-state index < -0.39 is 4.92 Å². The molecular formula is C10H18N4O3. The van der Waals surface area contributed by atoms with Gasteiger partial charge in [-0.3, -0.25) is 14.8 Å². The molecule has 7 heteroatoms. The third kappa shape index (κ3) is 4.03. The van der Waals surface area contributed by atoms with Gasteiger partial charge in [0.15, 0.2) is 0 Å². The van der Waals surface area contributed by atoms with Crippen molar-refractivity contribution in [3.8, 4) is 0 Å². The van der Waals surface area contributed by atoms with Crippen LogP contribution in [0.25, 0.3) is 0 Å². The van der Waals surface area contributed by atoms with Crippen molar-refractivity contribution in [3.05, 3.63) is 16.3 Å². The molecule has 0 amide bonds. The number of rotatable bonds is 8. The van der Waals surface area contributed by atoms with Crippen LogP contribution in [0.3, 0.4) is 0 Å². The van der Waals surface area contributed by atoms with E-state index in [4.69, 9.17) is 4.74 Å². The SMILES string of the molecule is CCOCCCNc1nn(CC)cc1[N+](=O)[O-]. The summed E-state index contributed by atoms with van der Waals surface area (Å²) in [6.45, 7) is 6.37. The van der Waals surface area contributed by atoms with Crippen LogP contribution < -0.4 is 5.32 Å². The van der Waals surface area contributed by atoms with Gasteiger partial charge < -0.3 is 10.1 Å². The van der Waals surface area contributed by atoms with Crippen molar-refractivity contribution in [2.45, 2.75) is 26.8 Å². The van der Waals surface area contributed by atoms with Gasteiger partial charge in [0.25, 0.3) is 0 Å². The van der Waals surface area contributed by atoms with E-state index in [-0.39, 0.29) is 5.69 Å². The highest BCUT2D eigenvalue weighted by atomic mass is 16.6. The van der Waals surface area contributed by atoms with Crippen molar-refractivity contribution in [1.29, 1.82) is 0 Å². The first-order valence-corrected chi connectivity index (χ1v) is 5.72. The molecule has 0 radical (unpaired) electrons. The Morgan fingerprint density at radius 1 is 1.59 bits per heavy atom. The lowest BCUT2D eigenvalue weighted by atomic mass is 10.4. The standard InChI is InChI=1S/C10H18N4O3/c1-3-13-8-9(14(15)16)10(12-13)11-6-5-7-17-4-2/h8H,3-7H2,1-2H3,(H,11,12). The summed E-state index contributed by atoms with van der Waals surface area (Å²) in [5.41, 5.74) is 0.0169. The molecule has 1 heterocycles. The van der Waals surface area contributed by atoms with Gasteiger partial charge in [0.2, 0.25) is 5.82 Å². The van der Waals surface area contributed by atoms with Crippen LogP contribution in [0.4, 0.5) is 11.5 Å². The smallest absolute Gasteiger partial charge is 0.330 e. The Kier molecular flexibility index (Phi) is 5.41. The summed E-state index contributed by atoms with van der Waals surface area (Å²) in [6.07, 6.45) is 2.23. The Hall–Kier alpha value is -1.63. The van der Waals surface area contributed by atoms with Crippen LogP contribution in [0.2, 0.25) is 0 Å². The molecule has 0 aromatic carbocycles. The number of hydrogen-bond donors (Lipinski definition) is 1. The normalized spacial score (nSPS) is 10.5. The number of nitrogens with zero attached hydrogens (tertiary/aromatic N) is 3. The summed E-state index contributed by atoms with van der Waals surface area (Å²) in [5.74, 6) is 0.327. The molecule has 0 spiro atoms. The van der Waals surface area contributed by atoms with Crippen LogP contribution in [0, 0.1) is 10.1 Å². The molecular weight excluding hydrogens is 224 g/mol. The van der Waals surface area contributed by atoms with Gasteiger partial charge in [-0.05, 0) is 20.3 Å². The van der Waals surface area contributed by atoms with Crippen molar-refractivity contribution < 1.29 is 9.66 Å². The Morgan fingerprint density at radius 3 is 2.94 bits per heavy atom. The molecule has 0 unspecified atom stereocenters. The molecule has 0 fully saturated rings. The first kappa shape index (κ1) is 13.4. The van der Waals surface area contributed by atoms with Crippen LogP contribution in [0.5, 0.6) is 0 Å². The second kappa shape index (κ2) is 6.85. The van der Waals surface area contributed by atoms with Gasteiger partial charge in [-0.25, -0.2) is 0 Å². The Morgan fingerprint density at radius 2 is 2.35 bits per heavy atom. The van der Waals surface area contributed by atoms with Crippen LogP contribution in [0.1, 0.15) is 20.3 Å². The van der Waals surface area contributed by atoms with E-state index in [9.17, 15) is 10.1 Å². The molecule has 0 saturated heterocycles. The molecule has 1 aromatic rings. The lowest BCUT2D eigenvalue weighted by Crippen LogP contribution is -2.07. The maximum atomic E-state index is 10.8. The summed E-state index contributed by atoms with van der Waals surface area (Å²) in [4.78, 5) is 10.3. The summed E-state index contributed by atoms with van der Waals surface area (Å²) >= 11 is 0. The Bertz CT molecular complexity index is 364. The molecule has 17 heavy (non-hydrogen) atoms. The topological polar surface area (TPSA) is 82.2 Å². The second-order valence-electron chi connectivity index (χ2n) is 3.45. The third-order valence-corrected chi connectivity index (χ3v) is 2.23. The molecule has 1 aromatic heterocycles. The second-order valence-corrected chi connectivity index (χ2v) is 3.45. The zero-order chi connectivity index (χ0) is 12.7. The monoisotopic (exact) mass is 242 g/mol. The van der Waals surface area contributed by atoms with Gasteiger partial charge in [0, 0.05) is 26.3 Å². The number of nitrogens with one attached hydrogen (secondary N) is 1. The van der Waals surface area contributed by atoms with E-state index in [1.54, 1.807) is 4.68 Å². The number of anilines is 1. The fraction of sp³-hybridized carbons (Fsp3) is 0.700. The fourth-order valence-electron chi connectivity index (χ4n) is 1.36. The van der Waals surface area contributed by atoms with Gasteiger partial charge in [0.1, 0.15) is 6.20 Å². The van der Waals surface area contributed by atoms with E-state index >= 15 is 0 Å². The summed E-state index contributed by atoms with van der Waals surface area (Å²) in [6, 6.07) is 0. The predicted molar refractivity (Wildman–Crippen MR) is 64.2 cm³/mol. The van der Waals surface area contributed by atoms with Gasteiger partial charge >= 0.3 is 5.69 Å². The minimum Gasteiger partial charge on any atom is -0.382 e. The van der Waals surface area contributed by atoms with Gasteiger partial charge in [-0.15, -0.1) is 5.10 Å². The number of ether oxygens (including phenoxy) is 1. The average molecular weight is 242 g/mol. The van der Waals surface area contributed by atoms with Crippen molar-refractivity contribution in [2.24, 2.45) is 0 Å². The average Bonchev–Trinajstić information content (AvgIpc) is 2.72. The first-order valence-electron chi connectivity index (χ1n) is 5.72. The number of hydrogen-bond acceptors (Lipinski definition) is 5. The van der Waals surface area contributed by atoms with E-state index in [0.29, 0.717) is 32.1 Å².